The van der Waals surface area contributed by atoms with Gasteiger partial charge in [0, 0.05) is 39.3 Å². The Hall–Kier alpha value is -0.710. The van der Waals surface area contributed by atoms with Crippen molar-refractivity contribution in [3.05, 3.63) is 62.8 Å². The Kier molecular flexibility index (Phi) is 6.40. The minimum atomic E-state index is 0.425. The fourth-order valence-electron chi connectivity index (χ4n) is 2.20. The highest BCUT2D eigenvalue weighted by molar-refractivity contribution is 9.10. The third-order valence-corrected chi connectivity index (χ3v) is 4.36. The Morgan fingerprint density at radius 3 is 2.24 bits per heavy atom. The fourth-order valence-corrected chi connectivity index (χ4v) is 2.70. The Labute approximate surface area is 143 Å². The number of nitrogens with one attached hydrogen (secondary N) is 1. The van der Waals surface area contributed by atoms with Crippen LogP contribution in [0.25, 0.3) is 0 Å². The minimum absolute atomic E-state index is 0.425. The molecule has 1 unspecified atom stereocenters. The molecule has 112 valence electrons. The first-order valence-corrected chi connectivity index (χ1v) is 8.72. The van der Waals surface area contributed by atoms with Gasteiger partial charge in [0.15, 0.2) is 0 Å². The van der Waals surface area contributed by atoms with Crippen LogP contribution in [0.15, 0.2) is 51.5 Å². The molecule has 0 saturated heterocycles. The average Bonchev–Trinajstić information content (AvgIpc) is 2.46. The average molecular weight is 412 g/mol. The van der Waals surface area contributed by atoms with Gasteiger partial charge in [0.1, 0.15) is 0 Å². The van der Waals surface area contributed by atoms with Gasteiger partial charge < -0.3 is 5.32 Å². The summed E-state index contributed by atoms with van der Waals surface area (Å²) < 4.78 is 2.13. The first-order valence-electron chi connectivity index (χ1n) is 7.14. The molecule has 4 heteroatoms. The number of halogens is 2. The number of hydrogen-bond donors (Lipinski definition) is 1. The maximum atomic E-state index is 4.50. The van der Waals surface area contributed by atoms with E-state index in [1.165, 1.54) is 5.56 Å². The predicted octanol–water partition coefficient (Wildman–Crippen LogP) is 4.93. The number of benzene rings is 1. The van der Waals surface area contributed by atoms with Gasteiger partial charge in [-0.05, 0) is 52.2 Å². The van der Waals surface area contributed by atoms with E-state index in [9.17, 15) is 0 Å². The number of nitrogens with zero attached hydrogens (tertiary/aromatic N) is 1. The van der Waals surface area contributed by atoms with E-state index in [0.29, 0.717) is 12.0 Å². The quantitative estimate of drug-likeness (QED) is 0.728. The van der Waals surface area contributed by atoms with Crippen molar-refractivity contribution in [1.82, 2.24) is 10.3 Å². The van der Waals surface area contributed by atoms with Crippen LogP contribution in [-0.4, -0.2) is 17.6 Å². The zero-order chi connectivity index (χ0) is 15.2. The van der Waals surface area contributed by atoms with Gasteiger partial charge in [-0.15, -0.1) is 0 Å². The van der Waals surface area contributed by atoms with Crippen molar-refractivity contribution in [2.24, 2.45) is 0 Å². The van der Waals surface area contributed by atoms with E-state index in [1.54, 1.807) is 0 Å². The summed E-state index contributed by atoms with van der Waals surface area (Å²) in [6, 6.07) is 13.2. The molecule has 0 amide bonds. The summed E-state index contributed by atoms with van der Waals surface area (Å²) in [5, 5.41) is 3.54. The highest BCUT2D eigenvalue weighted by Crippen LogP contribution is 2.22. The molecule has 0 spiro atoms. The van der Waals surface area contributed by atoms with Crippen molar-refractivity contribution in [3.63, 3.8) is 0 Å². The van der Waals surface area contributed by atoms with Crippen molar-refractivity contribution in [1.29, 1.82) is 0 Å². The first kappa shape index (κ1) is 16.7. The van der Waals surface area contributed by atoms with Crippen LogP contribution in [0.1, 0.15) is 31.0 Å². The van der Waals surface area contributed by atoms with Gasteiger partial charge in [-0.1, -0.05) is 41.9 Å². The maximum absolute atomic E-state index is 4.50. The molecule has 2 aromatic rings. The van der Waals surface area contributed by atoms with E-state index in [1.807, 2.05) is 6.20 Å². The lowest BCUT2D eigenvalue weighted by molar-refractivity contribution is 0.524. The van der Waals surface area contributed by atoms with E-state index in [-0.39, 0.29) is 0 Å². The Morgan fingerprint density at radius 1 is 1.00 bits per heavy atom. The van der Waals surface area contributed by atoms with Gasteiger partial charge in [-0.2, -0.15) is 0 Å². The zero-order valence-corrected chi connectivity index (χ0v) is 15.5. The number of hydrogen-bond acceptors (Lipinski definition) is 2. The highest BCUT2D eigenvalue weighted by Gasteiger charge is 2.13. The van der Waals surface area contributed by atoms with Crippen LogP contribution in [0.2, 0.25) is 0 Å². The Balaban J connectivity index is 2.14. The summed E-state index contributed by atoms with van der Waals surface area (Å²) in [4.78, 5) is 4.50. The second kappa shape index (κ2) is 8.06. The van der Waals surface area contributed by atoms with Gasteiger partial charge in [-0.3, -0.25) is 4.98 Å². The van der Waals surface area contributed by atoms with Gasteiger partial charge in [0.25, 0.3) is 0 Å². The van der Waals surface area contributed by atoms with Crippen LogP contribution in [0.3, 0.4) is 0 Å². The van der Waals surface area contributed by atoms with Crippen LogP contribution in [-0.2, 0) is 6.42 Å². The normalized spacial score (nSPS) is 12.6. The third-order valence-electron chi connectivity index (χ3n) is 3.36. The second-order valence-corrected chi connectivity index (χ2v) is 7.31. The van der Waals surface area contributed by atoms with Crippen LogP contribution < -0.4 is 5.32 Å². The molecular formula is C17H20Br2N2. The monoisotopic (exact) mass is 410 g/mol. The van der Waals surface area contributed by atoms with E-state index in [0.717, 1.165) is 27.6 Å². The molecule has 0 aliphatic rings. The molecule has 0 bridgehead atoms. The van der Waals surface area contributed by atoms with E-state index in [2.05, 4.69) is 92.4 Å². The standard InChI is InChI=1S/C17H20Br2N2/c1-12(2)20-10-14(13-3-5-15(18)6-4-13)9-17-8-7-16(19)11-21-17/h3-8,11-12,14,20H,9-10H2,1-2H3. The second-order valence-electron chi connectivity index (χ2n) is 5.48. The molecule has 0 radical (unpaired) electrons. The predicted molar refractivity (Wildman–Crippen MR) is 95.7 cm³/mol. The molecule has 1 aromatic heterocycles. The molecule has 1 atom stereocenters. The molecule has 0 aliphatic heterocycles. The summed E-state index contributed by atoms with van der Waals surface area (Å²) in [5.41, 5.74) is 2.47. The molecule has 1 aromatic carbocycles. The topological polar surface area (TPSA) is 24.9 Å². The SMILES string of the molecule is CC(C)NCC(Cc1ccc(Br)cn1)c1ccc(Br)cc1. The van der Waals surface area contributed by atoms with Crippen molar-refractivity contribution in [2.45, 2.75) is 32.2 Å². The lowest BCUT2D eigenvalue weighted by atomic mass is 9.93. The van der Waals surface area contributed by atoms with Crippen molar-refractivity contribution >= 4 is 31.9 Å². The Morgan fingerprint density at radius 2 is 1.67 bits per heavy atom. The van der Waals surface area contributed by atoms with Crippen LogP contribution >= 0.6 is 31.9 Å². The molecule has 1 heterocycles. The molecule has 0 aliphatic carbocycles. The van der Waals surface area contributed by atoms with Crippen LogP contribution in [0.4, 0.5) is 0 Å². The first-order chi connectivity index (χ1) is 10.0. The van der Waals surface area contributed by atoms with E-state index < -0.39 is 0 Å². The van der Waals surface area contributed by atoms with Crippen molar-refractivity contribution < 1.29 is 0 Å². The summed E-state index contributed by atoms with van der Waals surface area (Å²) in [6.45, 7) is 5.31. The van der Waals surface area contributed by atoms with Crippen molar-refractivity contribution in [3.8, 4) is 0 Å². The van der Waals surface area contributed by atoms with Crippen LogP contribution in [0.5, 0.6) is 0 Å². The van der Waals surface area contributed by atoms with E-state index >= 15 is 0 Å². The third kappa shape index (κ3) is 5.53. The maximum Gasteiger partial charge on any atom is 0.0413 e. The molecule has 0 fully saturated rings. The molecule has 1 N–H and O–H groups in total. The van der Waals surface area contributed by atoms with Crippen LogP contribution in [0, 0.1) is 0 Å². The van der Waals surface area contributed by atoms with Crippen molar-refractivity contribution in [2.75, 3.05) is 6.54 Å². The molecule has 21 heavy (non-hydrogen) atoms. The Bertz CT molecular complexity index is 550. The zero-order valence-electron chi connectivity index (χ0n) is 12.3. The molecule has 2 nitrogen and oxygen atoms in total. The lowest BCUT2D eigenvalue weighted by Crippen LogP contribution is -2.29. The molecular weight excluding hydrogens is 392 g/mol. The molecule has 0 saturated carbocycles. The lowest BCUT2D eigenvalue weighted by Gasteiger charge is -2.20. The summed E-state index contributed by atoms with van der Waals surface area (Å²) >= 11 is 6.93. The van der Waals surface area contributed by atoms with Gasteiger partial charge in [0.05, 0.1) is 0 Å². The minimum Gasteiger partial charge on any atom is -0.314 e. The summed E-state index contributed by atoms with van der Waals surface area (Å²) in [5.74, 6) is 0.425. The largest absolute Gasteiger partial charge is 0.314 e. The van der Waals surface area contributed by atoms with Gasteiger partial charge >= 0.3 is 0 Å². The summed E-state index contributed by atoms with van der Waals surface area (Å²) in [7, 11) is 0. The highest BCUT2D eigenvalue weighted by atomic mass is 79.9. The van der Waals surface area contributed by atoms with Gasteiger partial charge in [-0.25, -0.2) is 0 Å². The fraction of sp³-hybridized carbons (Fsp3) is 0.353. The van der Waals surface area contributed by atoms with E-state index in [4.69, 9.17) is 0 Å². The summed E-state index contributed by atoms with van der Waals surface area (Å²) in [6.07, 6.45) is 2.80. The number of rotatable bonds is 6. The number of aromatic nitrogens is 1. The smallest absolute Gasteiger partial charge is 0.0413 e. The number of pyridine rings is 1. The van der Waals surface area contributed by atoms with Gasteiger partial charge in [0.2, 0.25) is 0 Å². The molecule has 2 rings (SSSR count).